The molecule has 2 amide bonds. The maximum absolute atomic E-state index is 12.9. The molecule has 0 saturated carbocycles. The predicted octanol–water partition coefficient (Wildman–Crippen LogP) is 3.92. The molecule has 2 heterocycles. The molecule has 36 heavy (non-hydrogen) atoms. The van der Waals surface area contributed by atoms with Crippen LogP contribution >= 0.6 is 23.2 Å². The number of ether oxygens (including phenoxy) is 1. The first-order valence-corrected chi connectivity index (χ1v) is 11.5. The largest absolute Gasteiger partial charge is 0.481 e. The number of H-pyrrole nitrogens is 1. The molecule has 0 saturated heterocycles. The maximum atomic E-state index is 12.9. The zero-order chi connectivity index (χ0) is 25.8. The summed E-state index contributed by atoms with van der Waals surface area (Å²) < 4.78 is 5.05. The third-order valence-electron chi connectivity index (χ3n) is 5.42. The number of carbonyl (C=O) groups excluding carboxylic acids is 2. The van der Waals surface area contributed by atoms with Crippen molar-refractivity contribution >= 4 is 51.6 Å². The number of methoxy groups -OCH3 is 1. The number of nitrogens with zero attached hydrogens (tertiary/aromatic N) is 1. The van der Waals surface area contributed by atoms with Gasteiger partial charge in [0.1, 0.15) is 5.56 Å². The van der Waals surface area contributed by atoms with Gasteiger partial charge in [0.2, 0.25) is 5.88 Å². The van der Waals surface area contributed by atoms with Gasteiger partial charge in [0.25, 0.3) is 17.4 Å². The van der Waals surface area contributed by atoms with Crippen molar-refractivity contribution in [1.82, 2.24) is 15.3 Å². The van der Waals surface area contributed by atoms with Crippen LogP contribution in [-0.2, 0) is 0 Å². The number of fused-ring (bicyclic) bond motifs is 1. The monoisotopic (exact) mass is 525 g/mol. The van der Waals surface area contributed by atoms with E-state index in [1.807, 2.05) is 6.07 Å². The Kier molecular flexibility index (Phi) is 7.54. The standard InChI is InChI=1S/C25H21Cl2N5O4/c1-36-22-10-19-15(12-29-22)8-17(24(34)30-19)25(35)31-20-9-14(5-6-18(20)27)23(33)32-21(11-28)13-3-2-4-16(26)7-13/h2-10,12,21H,11,28H2,1H3,(H,30,34)(H,31,35)(H,32,33). The predicted molar refractivity (Wildman–Crippen MR) is 139 cm³/mol. The number of pyridine rings is 2. The van der Waals surface area contributed by atoms with Crippen LogP contribution in [0.3, 0.4) is 0 Å². The lowest BCUT2D eigenvalue weighted by Crippen LogP contribution is -2.33. The normalized spacial score (nSPS) is 11.7. The van der Waals surface area contributed by atoms with Gasteiger partial charge in [-0.1, -0.05) is 35.3 Å². The SMILES string of the molecule is COc1cc2[nH]c(=O)c(C(=O)Nc3cc(C(=O)NC(CN)c4cccc(Cl)c4)ccc3Cl)cc2cn1. The molecule has 4 aromatic rings. The summed E-state index contributed by atoms with van der Waals surface area (Å²) in [6, 6.07) is 13.9. The molecule has 4 rings (SSSR count). The Morgan fingerprint density at radius 1 is 1.11 bits per heavy atom. The molecule has 0 spiro atoms. The van der Waals surface area contributed by atoms with Gasteiger partial charge >= 0.3 is 0 Å². The van der Waals surface area contributed by atoms with E-state index >= 15 is 0 Å². The fourth-order valence-corrected chi connectivity index (χ4v) is 3.92. The summed E-state index contributed by atoms with van der Waals surface area (Å²) in [5, 5.41) is 6.69. The minimum absolute atomic E-state index is 0.148. The van der Waals surface area contributed by atoms with Gasteiger partial charge in [-0.25, -0.2) is 4.98 Å². The van der Waals surface area contributed by atoms with E-state index in [1.54, 1.807) is 24.3 Å². The molecule has 2 aromatic carbocycles. The number of benzene rings is 2. The topological polar surface area (TPSA) is 139 Å². The maximum Gasteiger partial charge on any atom is 0.261 e. The molecular formula is C25H21Cl2N5O4. The summed E-state index contributed by atoms with van der Waals surface area (Å²) >= 11 is 12.3. The number of amides is 2. The van der Waals surface area contributed by atoms with Crippen LogP contribution in [0.2, 0.25) is 10.0 Å². The number of nitrogens with one attached hydrogen (secondary N) is 3. The van der Waals surface area contributed by atoms with Gasteiger partial charge in [-0.15, -0.1) is 0 Å². The van der Waals surface area contributed by atoms with Crippen molar-refractivity contribution < 1.29 is 14.3 Å². The average Bonchev–Trinajstić information content (AvgIpc) is 2.87. The molecular weight excluding hydrogens is 505 g/mol. The van der Waals surface area contributed by atoms with Crippen molar-refractivity contribution in [3.05, 3.63) is 97.9 Å². The molecule has 0 radical (unpaired) electrons. The molecule has 5 N–H and O–H groups in total. The Hall–Kier alpha value is -3.92. The number of hydrogen-bond acceptors (Lipinski definition) is 6. The van der Waals surface area contributed by atoms with Crippen molar-refractivity contribution in [2.75, 3.05) is 19.0 Å². The molecule has 1 atom stereocenters. The third-order valence-corrected chi connectivity index (χ3v) is 5.99. The molecule has 0 bridgehead atoms. The fraction of sp³-hybridized carbons (Fsp3) is 0.120. The Balaban J connectivity index is 1.56. The van der Waals surface area contributed by atoms with E-state index in [0.717, 1.165) is 5.56 Å². The van der Waals surface area contributed by atoms with Gasteiger partial charge in [-0.05, 0) is 42.0 Å². The molecule has 184 valence electrons. The summed E-state index contributed by atoms with van der Waals surface area (Å²) in [7, 11) is 1.46. The number of rotatable bonds is 7. The minimum atomic E-state index is -0.702. The van der Waals surface area contributed by atoms with Crippen LogP contribution in [0.15, 0.2) is 65.6 Å². The summed E-state index contributed by atoms with van der Waals surface area (Å²) in [5.41, 5.74) is 6.72. The molecule has 0 aliphatic heterocycles. The summed E-state index contributed by atoms with van der Waals surface area (Å²) in [6.45, 7) is 0.148. The van der Waals surface area contributed by atoms with E-state index in [1.165, 1.54) is 37.6 Å². The van der Waals surface area contributed by atoms with Crippen LogP contribution in [0.5, 0.6) is 5.88 Å². The van der Waals surface area contributed by atoms with Crippen LogP contribution in [0.1, 0.15) is 32.3 Å². The highest BCUT2D eigenvalue weighted by molar-refractivity contribution is 6.34. The van der Waals surface area contributed by atoms with E-state index < -0.39 is 23.4 Å². The number of anilines is 1. The van der Waals surface area contributed by atoms with E-state index in [9.17, 15) is 14.4 Å². The Morgan fingerprint density at radius 3 is 2.64 bits per heavy atom. The van der Waals surface area contributed by atoms with Crippen molar-refractivity contribution in [3.8, 4) is 5.88 Å². The van der Waals surface area contributed by atoms with Crippen LogP contribution in [0.4, 0.5) is 5.69 Å². The highest BCUT2D eigenvalue weighted by Crippen LogP contribution is 2.25. The zero-order valence-electron chi connectivity index (χ0n) is 19.0. The lowest BCUT2D eigenvalue weighted by molar-refractivity contribution is 0.0936. The lowest BCUT2D eigenvalue weighted by atomic mass is 10.1. The number of carbonyl (C=O) groups is 2. The minimum Gasteiger partial charge on any atom is -0.481 e. The molecule has 0 aliphatic rings. The van der Waals surface area contributed by atoms with Gasteiger partial charge in [0.05, 0.1) is 29.4 Å². The number of aromatic nitrogens is 2. The molecule has 2 aromatic heterocycles. The van der Waals surface area contributed by atoms with Crippen molar-refractivity contribution in [2.24, 2.45) is 5.73 Å². The van der Waals surface area contributed by atoms with Crippen LogP contribution in [-0.4, -0.2) is 35.4 Å². The summed E-state index contributed by atoms with van der Waals surface area (Å²) in [6.07, 6.45) is 1.48. The highest BCUT2D eigenvalue weighted by atomic mass is 35.5. The molecule has 1 unspecified atom stereocenters. The van der Waals surface area contributed by atoms with Crippen molar-refractivity contribution in [2.45, 2.75) is 6.04 Å². The number of hydrogen-bond donors (Lipinski definition) is 4. The third kappa shape index (κ3) is 5.49. The van der Waals surface area contributed by atoms with Gasteiger partial charge in [0.15, 0.2) is 0 Å². The summed E-state index contributed by atoms with van der Waals surface area (Å²) in [5.74, 6) is -0.808. The zero-order valence-corrected chi connectivity index (χ0v) is 20.5. The van der Waals surface area contributed by atoms with Crippen molar-refractivity contribution in [1.29, 1.82) is 0 Å². The Bertz CT molecular complexity index is 1520. The highest BCUT2D eigenvalue weighted by Gasteiger charge is 2.18. The quantitative estimate of drug-likeness (QED) is 0.288. The second kappa shape index (κ2) is 10.8. The van der Waals surface area contributed by atoms with Gasteiger partial charge < -0.3 is 26.1 Å². The molecule has 9 nitrogen and oxygen atoms in total. The molecule has 0 fully saturated rings. The average molecular weight is 526 g/mol. The van der Waals surface area contributed by atoms with Crippen LogP contribution in [0, 0.1) is 0 Å². The van der Waals surface area contributed by atoms with E-state index in [4.69, 9.17) is 33.7 Å². The Labute approximate surface area is 215 Å². The molecule has 11 heteroatoms. The smallest absolute Gasteiger partial charge is 0.261 e. The number of nitrogens with two attached hydrogens (primary N) is 1. The van der Waals surface area contributed by atoms with Crippen LogP contribution < -0.4 is 26.7 Å². The number of halogens is 2. The second-order valence-corrected chi connectivity index (χ2v) is 8.64. The van der Waals surface area contributed by atoms with Gasteiger partial charge in [-0.3, -0.25) is 14.4 Å². The van der Waals surface area contributed by atoms with E-state index in [-0.39, 0.29) is 28.4 Å². The summed E-state index contributed by atoms with van der Waals surface area (Å²) in [4.78, 5) is 45.1. The van der Waals surface area contributed by atoms with Crippen molar-refractivity contribution in [3.63, 3.8) is 0 Å². The first-order chi connectivity index (χ1) is 17.3. The van der Waals surface area contributed by atoms with Crippen LogP contribution in [0.25, 0.3) is 10.9 Å². The van der Waals surface area contributed by atoms with E-state index in [0.29, 0.717) is 21.8 Å². The van der Waals surface area contributed by atoms with E-state index in [2.05, 4.69) is 20.6 Å². The number of aromatic amines is 1. The first kappa shape index (κ1) is 25.2. The lowest BCUT2D eigenvalue weighted by Gasteiger charge is -2.18. The van der Waals surface area contributed by atoms with Gasteiger partial charge in [0, 0.05) is 34.8 Å². The first-order valence-electron chi connectivity index (χ1n) is 10.7. The second-order valence-electron chi connectivity index (χ2n) is 7.79. The van der Waals surface area contributed by atoms with Gasteiger partial charge in [-0.2, -0.15) is 0 Å². The Morgan fingerprint density at radius 2 is 1.92 bits per heavy atom. The fourth-order valence-electron chi connectivity index (χ4n) is 3.56. The molecule has 0 aliphatic carbocycles.